The van der Waals surface area contributed by atoms with E-state index in [9.17, 15) is 0 Å². The van der Waals surface area contributed by atoms with E-state index in [4.69, 9.17) is 11.6 Å². The average Bonchev–Trinajstić information content (AvgIpc) is 2.90. The highest BCUT2D eigenvalue weighted by molar-refractivity contribution is 9.10. The Kier molecular flexibility index (Phi) is 6.09. The van der Waals surface area contributed by atoms with Crippen molar-refractivity contribution in [2.75, 3.05) is 6.54 Å². The lowest BCUT2D eigenvalue weighted by Gasteiger charge is -2.17. The van der Waals surface area contributed by atoms with Crippen molar-refractivity contribution < 1.29 is 0 Å². The molecular formula is C16H19BrClNS. The molecule has 2 aromatic rings. The van der Waals surface area contributed by atoms with Crippen LogP contribution in [-0.2, 0) is 12.8 Å². The summed E-state index contributed by atoms with van der Waals surface area (Å²) in [4.78, 5) is 2.83. The van der Waals surface area contributed by atoms with Crippen LogP contribution in [0.15, 0.2) is 34.8 Å². The van der Waals surface area contributed by atoms with Crippen LogP contribution in [-0.4, -0.2) is 6.54 Å². The first-order valence-corrected chi connectivity index (χ1v) is 8.88. The second kappa shape index (κ2) is 7.60. The molecule has 20 heavy (non-hydrogen) atoms. The van der Waals surface area contributed by atoms with Gasteiger partial charge in [-0.2, -0.15) is 0 Å². The van der Waals surface area contributed by atoms with Crippen molar-refractivity contribution in [2.45, 2.75) is 32.7 Å². The third kappa shape index (κ3) is 4.08. The number of thiophene rings is 1. The molecule has 0 spiro atoms. The normalized spacial score (nSPS) is 12.6. The highest BCUT2D eigenvalue weighted by Crippen LogP contribution is 2.30. The van der Waals surface area contributed by atoms with E-state index in [1.54, 1.807) is 0 Å². The van der Waals surface area contributed by atoms with Crippen LogP contribution >= 0.6 is 38.9 Å². The molecule has 0 saturated heterocycles. The summed E-state index contributed by atoms with van der Waals surface area (Å²) in [6.45, 7) is 5.30. The summed E-state index contributed by atoms with van der Waals surface area (Å²) in [5.74, 6) is 0. The highest BCUT2D eigenvalue weighted by Gasteiger charge is 2.15. The molecule has 1 N–H and O–H groups in total. The Bertz CT molecular complexity index is 567. The molecule has 108 valence electrons. The molecule has 0 aliphatic carbocycles. The molecule has 1 atom stereocenters. The monoisotopic (exact) mass is 371 g/mol. The van der Waals surface area contributed by atoms with E-state index in [1.807, 2.05) is 17.4 Å². The van der Waals surface area contributed by atoms with Gasteiger partial charge in [0.2, 0.25) is 0 Å². The predicted molar refractivity (Wildman–Crippen MR) is 93.0 cm³/mol. The van der Waals surface area contributed by atoms with Crippen molar-refractivity contribution in [1.82, 2.24) is 5.32 Å². The van der Waals surface area contributed by atoms with Gasteiger partial charge < -0.3 is 5.32 Å². The second-order valence-electron chi connectivity index (χ2n) is 4.71. The van der Waals surface area contributed by atoms with Crippen molar-refractivity contribution in [3.8, 4) is 0 Å². The zero-order valence-corrected chi connectivity index (χ0v) is 14.9. The van der Waals surface area contributed by atoms with E-state index in [0.717, 1.165) is 28.9 Å². The van der Waals surface area contributed by atoms with Crippen molar-refractivity contribution in [1.29, 1.82) is 0 Å². The van der Waals surface area contributed by atoms with Crippen LogP contribution in [0.2, 0.25) is 5.02 Å². The zero-order valence-electron chi connectivity index (χ0n) is 11.7. The second-order valence-corrected chi connectivity index (χ2v) is 7.23. The van der Waals surface area contributed by atoms with Crippen LogP contribution < -0.4 is 5.32 Å². The van der Waals surface area contributed by atoms with Crippen LogP contribution in [0.1, 0.15) is 35.2 Å². The van der Waals surface area contributed by atoms with Crippen LogP contribution in [0.4, 0.5) is 0 Å². The Morgan fingerprint density at radius 3 is 2.65 bits per heavy atom. The lowest BCUT2D eigenvalue weighted by Crippen LogP contribution is -2.22. The first kappa shape index (κ1) is 16.0. The molecule has 0 radical (unpaired) electrons. The first-order chi connectivity index (χ1) is 9.63. The average molecular weight is 373 g/mol. The molecule has 4 heteroatoms. The molecular weight excluding hydrogens is 354 g/mol. The van der Waals surface area contributed by atoms with Gasteiger partial charge in [0.15, 0.2) is 0 Å². The first-order valence-electron chi connectivity index (χ1n) is 6.90. The Hall–Kier alpha value is -0.350. The largest absolute Gasteiger partial charge is 0.309 e. The molecule has 0 aliphatic heterocycles. The fourth-order valence-corrected chi connectivity index (χ4v) is 3.98. The minimum Gasteiger partial charge on any atom is -0.309 e. The number of nitrogens with one attached hydrogen (secondary N) is 1. The van der Waals surface area contributed by atoms with Crippen LogP contribution in [0.5, 0.6) is 0 Å². The van der Waals surface area contributed by atoms with Gasteiger partial charge in [0.05, 0.1) is 0 Å². The third-order valence-electron chi connectivity index (χ3n) is 3.26. The van der Waals surface area contributed by atoms with E-state index in [1.165, 1.54) is 15.3 Å². The van der Waals surface area contributed by atoms with E-state index in [2.05, 4.69) is 59.4 Å². The maximum Gasteiger partial charge on any atom is 0.0456 e. The minimum atomic E-state index is 0.337. The number of likely N-dealkylation sites (N-methyl/N-ethyl adjacent to an activating group) is 1. The number of benzene rings is 1. The van der Waals surface area contributed by atoms with Crippen LogP contribution in [0.3, 0.4) is 0 Å². The molecule has 1 heterocycles. The van der Waals surface area contributed by atoms with Gasteiger partial charge in [0.25, 0.3) is 0 Å². The maximum absolute atomic E-state index is 6.34. The van der Waals surface area contributed by atoms with Gasteiger partial charge in [-0.05, 0) is 49.2 Å². The van der Waals surface area contributed by atoms with Gasteiger partial charge in [-0.1, -0.05) is 47.4 Å². The summed E-state index contributed by atoms with van der Waals surface area (Å²) in [7, 11) is 0. The van der Waals surface area contributed by atoms with E-state index in [0.29, 0.717) is 6.04 Å². The molecule has 1 aromatic heterocycles. The summed E-state index contributed by atoms with van der Waals surface area (Å²) in [6, 6.07) is 10.9. The predicted octanol–water partition coefficient (Wildman–Crippen LogP) is 5.62. The molecule has 1 nitrogen and oxygen atoms in total. The van der Waals surface area contributed by atoms with Gasteiger partial charge in [-0.3, -0.25) is 0 Å². The highest BCUT2D eigenvalue weighted by atomic mass is 79.9. The molecule has 1 unspecified atom stereocenters. The van der Waals surface area contributed by atoms with E-state index >= 15 is 0 Å². The van der Waals surface area contributed by atoms with Crippen LogP contribution in [0.25, 0.3) is 0 Å². The Morgan fingerprint density at radius 2 is 2.05 bits per heavy atom. The number of hydrogen-bond acceptors (Lipinski definition) is 2. The SMILES string of the molecule is CCNC(Cc1ccc(Br)cc1Cl)c1ccc(CC)s1. The molecule has 1 aromatic carbocycles. The van der Waals surface area contributed by atoms with E-state index in [-0.39, 0.29) is 0 Å². The standard InChI is InChI=1S/C16H19BrClNS/c1-3-13-7-8-16(20-13)15(19-4-2)9-11-5-6-12(17)10-14(11)18/h5-8,10,15,19H,3-4,9H2,1-2H3. The topological polar surface area (TPSA) is 12.0 Å². The number of rotatable bonds is 6. The van der Waals surface area contributed by atoms with Gasteiger partial charge in [-0.15, -0.1) is 11.3 Å². The van der Waals surface area contributed by atoms with Crippen molar-refractivity contribution >= 4 is 38.9 Å². The summed E-state index contributed by atoms with van der Waals surface area (Å²) >= 11 is 11.7. The number of halogens is 2. The maximum atomic E-state index is 6.34. The lowest BCUT2D eigenvalue weighted by atomic mass is 10.0. The quantitative estimate of drug-likeness (QED) is 0.694. The van der Waals surface area contributed by atoms with Crippen molar-refractivity contribution in [3.05, 3.63) is 55.1 Å². The Labute approximate surface area is 138 Å². The van der Waals surface area contributed by atoms with Gasteiger partial charge in [0.1, 0.15) is 0 Å². The van der Waals surface area contributed by atoms with Crippen LogP contribution in [0, 0.1) is 0 Å². The fraction of sp³-hybridized carbons (Fsp3) is 0.375. The smallest absolute Gasteiger partial charge is 0.0456 e. The minimum absolute atomic E-state index is 0.337. The molecule has 0 bridgehead atoms. The lowest BCUT2D eigenvalue weighted by molar-refractivity contribution is 0.558. The summed E-state index contributed by atoms with van der Waals surface area (Å²) in [6.07, 6.45) is 2.02. The zero-order chi connectivity index (χ0) is 14.5. The molecule has 0 fully saturated rings. The number of aryl methyl sites for hydroxylation is 1. The van der Waals surface area contributed by atoms with Crippen molar-refractivity contribution in [2.24, 2.45) is 0 Å². The number of hydrogen-bond donors (Lipinski definition) is 1. The fourth-order valence-electron chi connectivity index (χ4n) is 2.20. The molecule has 0 saturated carbocycles. The van der Waals surface area contributed by atoms with Gasteiger partial charge in [0, 0.05) is 25.3 Å². The Morgan fingerprint density at radius 1 is 1.25 bits per heavy atom. The van der Waals surface area contributed by atoms with Gasteiger partial charge >= 0.3 is 0 Å². The van der Waals surface area contributed by atoms with E-state index < -0.39 is 0 Å². The van der Waals surface area contributed by atoms with Crippen molar-refractivity contribution in [3.63, 3.8) is 0 Å². The molecule has 0 aliphatic rings. The summed E-state index contributed by atoms with van der Waals surface area (Å²) < 4.78 is 1.02. The summed E-state index contributed by atoms with van der Waals surface area (Å²) in [5, 5.41) is 4.39. The third-order valence-corrected chi connectivity index (χ3v) is 5.45. The summed E-state index contributed by atoms with van der Waals surface area (Å²) in [5.41, 5.74) is 1.19. The Balaban J connectivity index is 2.20. The van der Waals surface area contributed by atoms with Gasteiger partial charge in [-0.25, -0.2) is 0 Å². The molecule has 0 amide bonds. The molecule has 2 rings (SSSR count).